The van der Waals surface area contributed by atoms with Crippen molar-refractivity contribution in [3.63, 3.8) is 0 Å². The molecule has 0 bridgehead atoms. The predicted molar refractivity (Wildman–Crippen MR) is 126 cm³/mol. The Morgan fingerprint density at radius 3 is 2.47 bits per heavy atom. The molecule has 8 heteroatoms. The van der Waals surface area contributed by atoms with Gasteiger partial charge in [0.25, 0.3) is 5.91 Å². The van der Waals surface area contributed by atoms with E-state index in [9.17, 15) is 14.4 Å². The summed E-state index contributed by atoms with van der Waals surface area (Å²) >= 11 is 0. The number of hydrogen-bond acceptors (Lipinski definition) is 5. The first kappa shape index (κ1) is 22.2. The Balaban J connectivity index is 1.80. The van der Waals surface area contributed by atoms with E-state index in [1.54, 1.807) is 31.7 Å². The zero-order chi connectivity index (χ0) is 24.3. The summed E-state index contributed by atoms with van der Waals surface area (Å²) in [7, 11) is 0. The predicted octanol–water partition coefficient (Wildman–Crippen LogP) is 3.77. The summed E-state index contributed by atoms with van der Waals surface area (Å²) in [5.74, 6) is -0.589. The summed E-state index contributed by atoms with van der Waals surface area (Å²) in [4.78, 5) is 44.7. The highest BCUT2D eigenvalue weighted by Gasteiger charge is 2.72. The van der Waals surface area contributed by atoms with E-state index in [1.807, 2.05) is 59.6 Å². The lowest BCUT2D eigenvalue weighted by atomic mass is 9.97. The van der Waals surface area contributed by atoms with E-state index in [1.165, 1.54) is 9.91 Å². The molecule has 0 saturated carbocycles. The molecule has 2 fully saturated rings. The maximum absolute atomic E-state index is 14.3. The number of carbonyl (C=O) groups excluding carboxylic acids is 3. The van der Waals surface area contributed by atoms with Gasteiger partial charge in [-0.1, -0.05) is 54.6 Å². The van der Waals surface area contributed by atoms with Crippen LogP contribution in [0.1, 0.15) is 44.5 Å². The molecule has 0 N–H and O–H groups in total. The van der Waals surface area contributed by atoms with Crippen molar-refractivity contribution in [2.24, 2.45) is 0 Å². The van der Waals surface area contributed by atoms with E-state index in [4.69, 9.17) is 4.74 Å². The molecule has 5 rings (SSSR count). The fraction of sp³-hybridized carbons (Fsp3) is 0.346. The molecular weight excluding hydrogens is 432 g/mol. The number of ether oxygens (including phenoxy) is 1. The Morgan fingerprint density at radius 2 is 1.79 bits per heavy atom. The third-order valence-electron chi connectivity index (χ3n) is 6.34. The number of carbonyl (C=O) groups is 3. The van der Waals surface area contributed by atoms with Gasteiger partial charge in [0.1, 0.15) is 11.8 Å². The van der Waals surface area contributed by atoms with Crippen molar-refractivity contribution in [1.29, 1.82) is 0 Å². The van der Waals surface area contributed by atoms with Crippen LogP contribution in [-0.2, 0) is 20.0 Å². The fourth-order valence-corrected chi connectivity index (χ4v) is 5.22. The summed E-state index contributed by atoms with van der Waals surface area (Å²) in [5.41, 5.74) is -0.470. The molecule has 8 nitrogen and oxygen atoms in total. The van der Waals surface area contributed by atoms with Crippen LogP contribution >= 0.6 is 0 Å². The van der Waals surface area contributed by atoms with Crippen LogP contribution in [0.15, 0.2) is 67.3 Å². The standard InChI is InChI=1S/C26H28N4O4/c1-5-16-27-20-14-10-9-13-19(20)26(23(27)32)29(24(33)34-25(2,3)4)22(18-11-7-6-8-12-18)28-17-15-21(31)30(26)28/h5-14,22H,1,15-17H2,2-4H3/t22-,26+/m1/s1. The van der Waals surface area contributed by atoms with E-state index >= 15 is 0 Å². The van der Waals surface area contributed by atoms with Crippen molar-refractivity contribution in [3.8, 4) is 0 Å². The van der Waals surface area contributed by atoms with Crippen LogP contribution in [0.4, 0.5) is 10.5 Å². The quantitative estimate of drug-likeness (QED) is 0.652. The monoisotopic (exact) mass is 460 g/mol. The van der Waals surface area contributed by atoms with Crippen molar-refractivity contribution in [3.05, 3.63) is 78.4 Å². The summed E-state index contributed by atoms with van der Waals surface area (Å²) < 4.78 is 5.85. The van der Waals surface area contributed by atoms with E-state index in [2.05, 4.69) is 6.58 Å². The SMILES string of the molecule is C=CCN1C(=O)[C@@]2(c3ccccc31)N(C(=O)OC(C)(C)C)[C@H](c1ccccc1)N1CCC(=O)N12. The van der Waals surface area contributed by atoms with Gasteiger partial charge in [0.2, 0.25) is 11.6 Å². The number of hydrazine groups is 1. The zero-order valence-corrected chi connectivity index (χ0v) is 19.6. The van der Waals surface area contributed by atoms with E-state index < -0.39 is 23.5 Å². The first-order valence-electron chi connectivity index (χ1n) is 11.4. The Bertz CT molecular complexity index is 1170. The average Bonchev–Trinajstić information content (AvgIpc) is 3.40. The maximum atomic E-state index is 14.3. The van der Waals surface area contributed by atoms with Gasteiger partial charge in [-0.15, -0.1) is 6.58 Å². The number of fused-ring (bicyclic) bond motifs is 4. The molecule has 2 saturated heterocycles. The first-order valence-corrected chi connectivity index (χ1v) is 11.4. The molecule has 3 amide bonds. The largest absolute Gasteiger partial charge is 0.444 e. The topological polar surface area (TPSA) is 73.4 Å². The normalized spacial score (nSPS) is 24.1. The van der Waals surface area contributed by atoms with Gasteiger partial charge >= 0.3 is 6.09 Å². The van der Waals surface area contributed by atoms with Crippen LogP contribution < -0.4 is 4.90 Å². The number of amides is 3. The van der Waals surface area contributed by atoms with Gasteiger partial charge in [0.15, 0.2) is 0 Å². The smallest absolute Gasteiger partial charge is 0.414 e. The minimum absolute atomic E-state index is 0.212. The lowest BCUT2D eigenvalue weighted by Gasteiger charge is -2.39. The van der Waals surface area contributed by atoms with Crippen LogP contribution in [-0.4, -0.2) is 51.5 Å². The van der Waals surface area contributed by atoms with Gasteiger partial charge in [-0.2, -0.15) is 5.01 Å². The summed E-state index contributed by atoms with van der Waals surface area (Å²) in [6.45, 7) is 9.79. The summed E-state index contributed by atoms with van der Waals surface area (Å²) in [6, 6.07) is 16.7. The molecule has 34 heavy (non-hydrogen) atoms. The number of nitrogens with zero attached hydrogens (tertiary/aromatic N) is 4. The van der Waals surface area contributed by atoms with Crippen LogP contribution in [0.5, 0.6) is 0 Å². The molecule has 2 aromatic rings. The summed E-state index contributed by atoms with van der Waals surface area (Å²) in [6.07, 6.45) is 0.540. The average molecular weight is 461 g/mol. The first-order chi connectivity index (χ1) is 16.2. The molecule has 176 valence electrons. The van der Waals surface area contributed by atoms with E-state index in [0.29, 0.717) is 17.8 Å². The molecular formula is C26H28N4O4. The van der Waals surface area contributed by atoms with Gasteiger partial charge < -0.3 is 9.64 Å². The molecule has 2 aromatic carbocycles. The van der Waals surface area contributed by atoms with Gasteiger partial charge in [-0.05, 0) is 32.4 Å². The molecule has 0 radical (unpaired) electrons. The number of hydrogen-bond donors (Lipinski definition) is 0. The number of rotatable bonds is 3. The third-order valence-corrected chi connectivity index (χ3v) is 6.34. The molecule has 0 aliphatic carbocycles. The second-order valence-electron chi connectivity index (χ2n) is 9.65. The van der Waals surface area contributed by atoms with E-state index in [-0.39, 0.29) is 24.8 Å². The second kappa shape index (κ2) is 7.70. The Morgan fingerprint density at radius 1 is 1.12 bits per heavy atom. The van der Waals surface area contributed by atoms with Crippen molar-refractivity contribution in [2.45, 2.75) is 44.6 Å². The Kier molecular flexibility index (Phi) is 5.02. The van der Waals surface area contributed by atoms with Crippen molar-refractivity contribution in [2.75, 3.05) is 18.0 Å². The fourth-order valence-electron chi connectivity index (χ4n) is 5.22. The van der Waals surface area contributed by atoms with Crippen LogP contribution in [0.25, 0.3) is 0 Å². The minimum Gasteiger partial charge on any atom is -0.444 e. The highest BCUT2D eigenvalue weighted by Crippen LogP contribution is 2.57. The second-order valence-corrected chi connectivity index (χ2v) is 9.65. The Labute approximate surface area is 198 Å². The van der Waals surface area contributed by atoms with E-state index in [0.717, 1.165) is 5.56 Å². The highest BCUT2D eigenvalue weighted by molar-refractivity contribution is 6.11. The van der Waals surface area contributed by atoms with Crippen LogP contribution in [0.2, 0.25) is 0 Å². The molecule has 3 heterocycles. The van der Waals surface area contributed by atoms with Crippen molar-refractivity contribution in [1.82, 2.24) is 14.9 Å². The zero-order valence-electron chi connectivity index (χ0n) is 19.6. The van der Waals surface area contributed by atoms with Gasteiger partial charge in [0, 0.05) is 25.1 Å². The van der Waals surface area contributed by atoms with Gasteiger partial charge in [-0.3, -0.25) is 9.59 Å². The third kappa shape index (κ3) is 2.98. The molecule has 3 aliphatic heterocycles. The van der Waals surface area contributed by atoms with Crippen LogP contribution in [0, 0.1) is 0 Å². The molecule has 3 aliphatic rings. The maximum Gasteiger partial charge on any atom is 0.414 e. The van der Waals surface area contributed by atoms with Crippen molar-refractivity contribution >= 4 is 23.6 Å². The number of para-hydroxylation sites is 1. The number of benzene rings is 2. The summed E-state index contributed by atoms with van der Waals surface area (Å²) in [5, 5.41) is 3.31. The van der Waals surface area contributed by atoms with Crippen molar-refractivity contribution < 1.29 is 19.1 Å². The molecule has 0 aromatic heterocycles. The highest BCUT2D eigenvalue weighted by atomic mass is 16.6. The van der Waals surface area contributed by atoms with Gasteiger partial charge in [-0.25, -0.2) is 14.7 Å². The number of anilines is 1. The lowest BCUT2D eigenvalue weighted by molar-refractivity contribution is -0.157. The van der Waals surface area contributed by atoms with Gasteiger partial charge in [0.05, 0.1) is 5.69 Å². The Hall–Kier alpha value is -3.65. The lowest BCUT2D eigenvalue weighted by Crippen LogP contribution is -2.60. The molecule has 2 atom stereocenters. The van der Waals surface area contributed by atoms with Crippen LogP contribution in [0.3, 0.4) is 0 Å². The molecule has 1 spiro atoms. The minimum atomic E-state index is -1.68. The molecule has 0 unspecified atom stereocenters.